The average molecular weight is 458 g/mol. The number of rotatable bonds is 10. The molecule has 7 nitrogen and oxygen atoms in total. The molecule has 0 radical (unpaired) electrons. The molecule has 0 spiro atoms. The van der Waals surface area contributed by atoms with Gasteiger partial charge in [0.25, 0.3) is 5.91 Å². The van der Waals surface area contributed by atoms with Gasteiger partial charge in [0.1, 0.15) is 5.75 Å². The minimum absolute atomic E-state index is 0.138. The molecule has 0 aliphatic rings. The molecule has 34 heavy (non-hydrogen) atoms. The van der Waals surface area contributed by atoms with Gasteiger partial charge in [-0.1, -0.05) is 48.5 Å². The van der Waals surface area contributed by atoms with Crippen LogP contribution < -0.4 is 21.5 Å². The molecule has 1 amide bonds. The zero-order valence-electron chi connectivity index (χ0n) is 19.4. The molecule has 0 aliphatic carbocycles. The standard InChI is InChI=1S/C27H31N5O2/c1-34-23-12-9-20(10-13-23)21-11-14-24-25(16-21)32(18-19-6-3-2-4-7-19)26(31-24)27(33)30-17-22(29)8-5-15-28/h2-4,6-7,9-14,16,22H,5,8,15,17-18,28-29H2,1H3,(H,30,33). The van der Waals surface area contributed by atoms with E-state index in [1.165, 1.54) is 0 Å². The Hall–Kier alpha value is -3.68. The van der Waals surface area contributed by atoms with Crippen molar-refractivity contribution in [3.05, 3.63) is 84.2 Å². The minimum atomic E-state index is -0.235. The molecule has 1 atom stereocenters. The van der Waals surface area contributed by atoms with Gasteiger partial charge in [0.05, 0.1) is 18.1 Å². The van der Waals surface area contributed by atoms with Crippen LogP contribution in [0.3, 0.4) is 0 Å². The number of nitrogens with one attached hydrogen (secondary N) is 1. The Morgan fingerprint density at radius 2 is 1.79 bits per heavy atom. The number of nitrogens with two attached hydrogens (primary N) is 2. The highest BCUT2D eigenvalue weighted by Gasteiger charge is 2.19. The van der Waals surface area contributed by atoms with E-state index in [4.69, 9.17) is 16.2 Å². The second kappa shape index (κ2) is 11.0. The number of ether oxygens (including phenoxy) is 1. The van der Waals surface area contributed by atoms with Gasteiger partial charge in [-0.2, -0.15) is 0 Å². The van der Waals surface area contributed by atoms with Crippen LogP contribution in [0.1, 0.15) is 29.0 Å². The molecule has 1 heterocycles. The first-order chi connectivity index (χ1) is 16.6. The summed E-state index contributed by atoms with van der Waals surface area (Å²) in [6.45, 7) is 1.50. The fraction of sp³-hybridized carbons (Fsp3) is 0.259. The van der Waals surface area contributed by atoms with Crippen molar-refractivity contribution in [1.82, 2.24) is 14.9 Å². The number of amides is 1. The zero-order valence-corrected chi connectivity index (χ0v) is 19.4. The molecule has 3 aromatic carbocycles. The fourth-order valence-corrected chi connectivity index (χ4v) is 3.97. The molecule has 4 rings (SSSR count). The molecule has 0 aliphatic heterocycles. The highest BCUT2D eigenvalue weighted by atomic mass is 16.5. The second-order valence-electron chi connectivity index (χ2n) is 8.34. The lowest BCUT2D eigenvalue weighted by molar-refractivity contribution is 0.0937. The quantitative estimate of drug-likeness (QED) is 0.337. The fourth-order valence-electron chi connectivity index (χ4n) is 3.97. The van der Waals surface area contributed by atoms with Gasteiger partial charge in [-0.05, 0) is 60.3 Å². The van der Waals surface area contributed by atoms with Crippen LogP contribution >= 0.6 is 0 Å². The van der Waals surface area contributed by atoms with Crippen molar-refractivity contribution < 1.29 is 9.53 Å². The molecule has 1 aromatic heterocycles. The predicted octanol–water partition coefficient (Wildman–Crippen LogP) is 3.56. The zero-order chi connectivity index (χ0) is 23.9. The largest absolute Gasteiger partial charge is 0.497 e. The Morgan fingerprint density at radius 1 is 1.06 bits per heavy atom. The number of benzene rings is 3. The lowest BCUT2D eigenvalue weighted by atomic mass is 10.0. The van der Waals surface area contributed by atoms with Crippen LogP contribution in [-0.4, -0.2) is 41.7 Å². The molecule has 0 saturated heterocycles. The first kappa shape index (κ1) is 23.5. The number of fused-ring (bicyclic) bond motifs is 1. The van der Waals surface area contributed by atoms with Crippen molar-refractivity contribution in [3.8, 4) is 16.9 Å². The van der Waals surface area contributed by atoms with Crippen molar-refractivity contribution in [2.24, 2.45) is 11.5 Å². The third kappa shape index (κ3) is 5.44. The van der Waals surface area contributed by atoms with Crippen molar-refractivity contribution in [2.75, 3.05) is 20.2 Å². The van der Waals surface area contributed by atoms with Crippen LogP contribution in [0.2, 0.25) is 0 Å². The van der Waals surface area contributed by atoms with E-state index in [0.717, 1.165) is 46.3 Å². The van der Waals surface area contributed by atoms with Crippen LogP contribution in [0.25, 0.3) is 22.2 Å². The predicted molar refractivity (Wildman–Crippen MR) is 136 cm³/mol. The van der Waals surface area contributed by atoms with Gasteiger partial charge >= 0.3 is 0 Å². The van der Waals surface area contributed by atoms with Crippen LogP contribution in [-0.2, 0) is 6.54 Å². The molecule has 0 fully saturated rings. The van der Waals surface area contributed by atoms with Crippen molar-refractivity contribution in [3.63, 3.8) is 0 Å². The van der Waals surface area contributed by atoms with Gasteiger partial charge < -0.3 is 26.1 Å². The lowest BCUT2D eigenvalue weighted by Crippen LogP contribution is -2.38. The van der Waals surface area contributed by atoms with E-state index in [0.29, 0.717) is 25.5 Å². The number of aromatic nitrogens is 2. The molecule has 0 saturated carbocycles. The van der Waals surface area contributed by atoms with Crippen LogP contribution in [0, 0.1) is 0 Å². The number of carbonyl (C=O) groups excluding carboxylic acids is 1. The maximum Gasteiger partial charge on any atom is 0.287 e. The minimum Gasteiger partial charge on any atom is -0.497 e. The summed E-state index contributed by atoms with van der Waals surface area (Å²) in [5.41, 5.74) is 16.5. The van der Waals surface area contributed by atoms with Crippen molar-refractivity contribution >= 4 is 16.9 Å². The Morgan fingerprint density at radius 3 is 2.50 bits per heavy atom. The lowest BCUT2D eigenvalue weighted by Gasteiger charge is -2.13. The van der Waals surface area contributed by atoms with E-state index < -0.39 is 0 Å². The van der Waals surface area contributed by atoms with Gasteiger partial charge in [0.15, 0.2) is 5.82 Å². The third-order valence-electron chi connectivity index (χ3n) is 5.86. The summed E-state index contributed by atoms with van der Waals surface area (Å²) >= 11 is 0. The summed E-state index contributed by atoms with van der Waals surface area (Å²) in [7, 11) is 1.65. The smallest absolute Gasteiger partial charge is 0.287 e. The monoisotopic (exact) mass is 457 g/mol. The normalized spacial score (nSPS) is 12.0. The SMILES string of the molecule is COc1ccc(-c2ccc3nc(C(=O)NCC(N)CCCN)n(Cc4ccccc4)c3c2)cc1. The first-order valence-corrected chi connectivity index (χ1v) is 11.5. The van der Waals surface area contributed by atoms with Crippen LogP contribution in [0.15, 0.2) is 72.8 Å². The van der Waals surface area contributed by atoms with E-state index in [2.05, 4.69) is 16.4 Å². The van der Waals surface area contributed by atoms with Crippen molar-refractivity contribution in [1.29, 1.82) is 0 Å². The van der Waals surface area contributed by atoms with E-state index in [9.17, 15) is 4.79 Å². The highest BCUT2D eigenvalue weighted by molar-refractivity contribution is 5.95. The summed E-state index contributed by atoms with van der Waals surface area (Å²) in [5.74, 6) is 0.945. The van der Waals surface area contributed by atoms with Crippen LogP contribution in [0.4, 0.5) is 0 Å². The van der Waals surface area contributed by atoms with E-state index in [1.807, 2.05) is 71.3 Å². The van der Waals surface area contributed by atoms with Crippen LogP contribution in [0.5, 0.6) is 5.75 Å². The van der Waals surface area contributed by atoms with Gasteiger partial charge in [-0.25, -0.2) is 4.98 Å². The average Bonchev–Trinajstić information content (AvgIpc) is 3.24. The highest BCUT2D eigenvalue weighted by Crippen LogP contribution is 2.27. The Kier molecular flexibility index (Phi) is 7.57. The van der Waals surface area contributed by atoms with Gasteiger partial charge in [-0.15, -0.1) is 0 Å². The third-order valence-corrected chi connectivity index (χ3v) is 5.86. The molecule has 5 N–H and O–H groups in total. The Bertz CT molecular complexity index is 1240. The Labute approximate surface area is 199 Å². The van der Waals surface area contributed by atoms with Gasteiger partial charge in [0.2, 0.25) is 0 Å². The topological polar surface area (TPSA) is 108 Å². The molecule has 176 valence electrons. The second-order valence-corrected chi connectivity index (χ2v) is 8.34. The molecule has 4 aromatic rings. The number of imidazole rings is 1. The molecular weight excluding hydrogens is 426 g/mol. The van der Waals surface area contributed by atoms with Gasteiger partial charge in [0, 0.05) is 19.1 Å². The van der Waals surface area contributed by atoms with E-state index in [-0.39, 0.29) is 11.9 Å². The molecular formula is C27H31N5O2. The molecule has 0 bridgehead atoms. The number of carbonyl (C=O) groups is 1. The van der Waals surface area contributed by atoms with Gasteiger partial charge in [-0.3, -0.25) is 4.79 Å². The van der Waals surface area contributed by atoms with Crippen molar-refractivity contribution in [2.45, 2.75) is 25.4 Å². The maximum absolute atomic E-state index is 13.1. The molecule has 1 unspecified atom stereocenters. The number of hydrogen-bond donors (Lipinski definition) is 3. The summed E-state index contributed by atoms with van der Waals surface area (Å²) in [6, 6.07) is 23.9. The molecule has 7 heteroatoms. The summed E-state index contributed by atoms with van der Waals surface area (Å²) < 4.78 is 7.25. The summed E-state index contributed by atoms with van der Waals surface area (Å²) in [4.78, 5) is 17.8. The van der Waals surface area contributed by atoms with E-state index in [1.54, 1.807) is 7.11 Å². The summed E-state index contributed by atoms with van der Waals surface area (Å²) in [5, 5.41) is 2.95. The number of hydrogen-bond acceptors (Lipinski definition) is 5. The maximum atomic E-state index is 13.1. The first-order valence-electron chi connectivity index (χ1n) is 11.5. The number of nitrogens with zero attached hydrogens (tertiary/aromatic N) is 2. The Balaban J connectivity index is 1.69. The number of methoxy groups -OCH3 is 1. The van der Waals surface area contributed by atoms with E-state index >= 15 is 0 Å². The summed E-state index contributed by atoms with van der Waals surface area (Å²) in [6.07, 6.45) is 1.60.